The van der Waals surface area contributed by atoms with Crippen LogP contribution >= 0.6 is 11.3 Å². The molecule has 182 valence electrons. The normalized spacial score (nSPS) is 14.9. The van der Waals surface area contributed by atoms with Gasteiger partial charge in [-0.1, -0.05) is 30.3 Å². The molecule has 0 saturated carbocycles. The van der Waals surface area contributed by atoms with Gasteiger partial charge in [-0.2, -0.15) is 4.31 Å². The molecule has 2 aromatic heterocycles. The number of hydrogen-bond donors (Lipinski definition) is 3. The van der Waals surface area contributed by atoms with Crippen molar-refractivity contribution in [3.05, 3.63) is 75.9 Å². The van der Waals surface area contributed by atoms with Gasteiger partial charge in [-0.25, -0.2) is 13.4 Å². The summed E-state index contributed by atoms with van der Waals surface area (Å²) in [7, 11) is -3.18. The summed E-state index contributed by atoms with van der Waals surface area (Å²) in [6.45, 7) is 4.15. The number of aromatic amines is 1. The van der Waals surface area contributed by atoms with Crippen molar-refractivity contribution in [1.82, 2.24) is 14.3 Å². The van der Waals surface area contributed by atoms with Crippen LogP contribution in [0.1, 0.15) is 28.2 Å². The van der Waals surface area contributed by atoms with Crippen molar-refractivity contribution in [1.29, 1.82) is 0 Å². The van der Waals surface area contributed by atoms with Gasteiger partial charge in [0.1, 0.15) is 5.01 Å². The zero-order valence-corrected chi connectivity index (χ0v) is 21.5. The molecule has 4 aromatic rings. The fourth-order valence-electron chi connectivity index (χ4n) is 4.68. The lowest BCUT2D eigenvalue weighted by Gasteiger charge is -2.23. The van der Waals surface area contributed by atoms with E-state index in [1.165, 1.54) is 16.1 Å². The number of H-pyrrole nitrogens is 1. The number of rotatable bonds is 7. The number of hydrogen-bond acceptors (Lipinski definition) is 6. The summed E-state index contributed by atoms with van der Waals surface area (Å²) in [5, 5.41) is 7.68. The van der Waals surface area contributed by atoms with Crippen LogP contribution in [0.2, 0.25) is 0 Å². The molecule has 1 aliphatic heterocycles. The van der Waals surface area contributed by atoms with Crippen molar-refractivity contribution in [2.24, 2.45) is 5.73 Å². The minimum atomic E-state index is -3.18. The Kier molecular flexibility index (Phi) is 6.50. The SMILES string of the molecule is Cc1c(NCc2nccs2)cccc1-c1ccc(CN)c2[nH]c(C3=CCN(S(C)(=O)=O)CC3)cc12. The Hall–Kier alpha value is -2.98. The van der Waals surface area contributed by atoms with Crippen molar-refractivity contribution < 1.29 is 8.42 Å². The highest BCUT2D eigenvalue weighted by Gasteiger charge is 2.22. The van der Waals surface area contributed by atoms with E-state index in [1.807, 2.05) is 17.7 Å². The van der Waals surface area contributed by atoms with Crippen LogP contribution in [0.5, 0.6) is 0 Å². The predicted molar refractivity (Wildman–Crippen MR) is 145 cm³/mol. The second kappa shape index (κ2) is 9.58. The zero-order valence-electron chi connectivity index (χ0n) is 19.8. The number of sulfonamides is 1. The van der Waals surface area contributed by atoms with Crippen molar-refractivity contribution in [3.8, 4) is 11.1 Å². The Balaban J connectivity index is 1.53. The van der Waals surface area contributed by atoms with E-state index < -0.39 is 10.0 Å². The number of anilines is 1. The highest BCUT2D eigenvalue weighted by Crippen LogP contribution is 2.37. The monoisotopic (exact) mass is 507 g/mol. The molecule has 0 radical (unpaired) electrons. The topological polar surface area (TPSA) is 104 Å². The molecule has 0 saturated heterocycles. The third kappa shape index (κ3) is 4.77. The highest BCUT2D eigenvalue weighted by molar-refractivity contribution is 7.88. The third-order valence-corrected chi connectivity index (χ3v) is 8.67. The number of fused-ring (bicyclic) bond motifs is 1. The summed E-state index contributed by atoms with van der Waals surface area (Å²) in [4.78, 5) is 7.95. The predicted octanol–water partition coefficient (Wildman–Crippen LogP) is 4.72. The van der Waals surface area contributed by atoms with Gasteiger partial charge in [-0.3, -0.25) is 0 Å². The van der Waals surface area contributed by atoms with Gasteiger partial charge in [-0.15, -0.1) is 11.3 Å². The van der Waals surface area contributed by atoms with E-state index in [9.17, 15) is 8.42 Å². The molecule has 7 nitrogen and oxygen atoms in total. The summed E-state index contributed by atoms with van der Waals surface area (Å²) in [5.74, 6) is 0. The molecule has 0 aliphatic carbocycles. The molecule has 0 bridgehead atoms. The summed E-state index contributed by atoms with van der Waals surface area (Å²) in [5.41, 5.74) is 14.9. The van der Waals surface area contributed by atoms with Crippen molar-refractivity contribution >= 4 is 43.5 Å². The summed E-state index contributed by atoms with van der Waals surface area (Å²) in [6, 6.07) is 12.7. The molecule has 35 heavy (non-hydrogen) atoms. The second-order valence-electron chi connectivity index (χ2n) is 8.81. The van der Waals surface area contributed by atoms with E-state index in [-0.39, 0.29) is 0 Å². The van der Waals surface area contributed by atoms with Crippen LogP contribution in [0.15, 0.2) is 54.1 Å². The number of benzene rings is 2. The molecule has 3 heterocycles. The molecule has 9 heteroatoms. The van der Waals surface area contributed by atoms with Gasteiger partial charge in [-0.05, 0) is 53.3 Å². The maximum atomic E-state index is 11.9. The third-order valence-electron chi connectivity index (χ3n) is 6.62. The van der Waals surface area contributed by atoms with Crippen LogP contribution in [0.4, 0.5) is 5.69 Å². The minimum Gasteiger partial charge on any atom is -0.378 e. The Morgan fingerprint density at radius 2 is 2.09 bits per heavy atom. The maximum absolute atomic E-state index is 11.9. The average Bonchev–Trinajstić information content (AvgIpc) is 3.53. The van der Waals surface area contributed by atoms with Gasteiger partial charge in [0.15, 0.2) is 0 Å². The molecule has 0 unspecified atom stereocenters. The number of thiazole rings is 1. The molecular formula is C26H29N5O2S2. The first-order valence-electron chi connectivity index (χ1n) is 11.6. The Morgan fingerprint density at radius 3 is 2.77 bits per heavy atom. The first kappa shape index (κ1) is 23.7. The van der Waals surface area contributed by atoms with Crippen molar-refractivity contribution in [3.63, 3.8) is 0 Å². The van der Waals surface area contributed by atoms with Gasteiger partial charge in [0, 0.05) is 48.0 Å². The molecule has 0 fully saturated rings. The van der Waals surface area contributed by atoms with Crippen LogP contribution in [0.3, 0.4) is 0 Å². The molecule has 2 aromatic carbocycles. The van der Waals surface area contributed by atoms with Gasteiger partial charge < -0.3 is 16.0 Å². The quantitative estimate of drug-likeness (QED) is 0.336. The van der Waals surface area contributed by atoms with E-state index in [0.29, 0.717) is 32.6 Å². The van der Waals surface area contributed by atoms with Gasteiger partial charge in [0.25, 0.3) is 0 Å². The van der Waals surface area contributed by atoms with E-state index in [4.69, 9.17) is 5.73 Å². The fourth-order valence-corrected chi connectivity index (χ4v) is 6.01. The van der Waals surface area contributed by atoms with Crippen LogP contribution in [0.25, 0.3) is 27.6 Å². The molecule has 5 rings (SSSR count). The van der Waals surface area contributed by atoms with Crippen LogP contribution in [-0.2, 0) is 23.1 Å². The van der Waals surface area contributed by atoms with Crippen molar-refractivity contribution in [2.75, 3.05) is 24.7 Å². The first-order valence-corrected chi connectivity index (χ1v) is 14.3. The minimum absolute atomic E-state index is 0.395. The zero-order chi connectivity index (χ0) is 24.6. The smallest absolute Gasteiger partial charge is 0.211 e. The largest absolute Gasteiger partial charge is 0.378 e. The molecule has 0 amide bonds. The average molecular weight is 508 g/mol. The second-order valence-corrected chi connectivity index (χ2v) is 11.8. The van der Waals surface area contributed by atoms with Crippen LogP contribution < -0.4 is 11.1 Å². The van der Waals surface area contributed by atoms with Gasteiger partial charge >= 0.3 is 0 Å². The Morgan fingerprint density at radius 1 is 1.23 bits per heavy atom. The van der Waals surface area contributed by atoms with Crippen LogP contribution in [0, 0.1) is 6.92 Å². The highest BCUT2D eigenvalue weighted by atomic mass is 32.2. The lowest BCUT2D eigenvalue weighted by Crippen LogP contribution is -2.33. The number of nitrogens with two attached hydrogens (primary N) is 1. The van der Waals surface area contributed by atoms with Gasteiger partial charge in [0.2, 0.25) is 10.0 Å². The standard InChI is InChI=1S/C26H29N5O2S2/c1-17-20(4-3-5-23(17)29-16-25-28-10-13-34-25)21-7-6-19(15-27)26-22(21)14-24(30-26)18-8-11-31(12-9-18)35(2,32)33/h3-8,10,13-14,29-30H,9,11-12,15-16,27H2,1-2H3. The first-order chi connectivity index (χ1) is 16.8. The number of aromatic nitrogens is 2. The molecule has 0 atom stereocenters. The molecule has 4 N–H and O–H groups in total. The molecule has 1 aliphatic rings. The Labute approximate surface area is 209 Å². The fraction of sp³-hybridized carbons (Fsp3) is 0.269. The van der Waals surface area contributed by atoms with Crippen LogP contribution in [-0.4, -0.2) is 42.0 Å². The van der Waals surface area contributed by atoms with E-state index in [0.717, 1.165) is 49.6 Å². The summed E-state index contributed by atoms with van der Waals surface area (Å²) >= 11 is 1.64. The molecular weight excluding hydrogens is 478 g/mol. The number of nitrogens with zero attached hydrogens (tertiary/aromatic N) is 2. The number of nitrogens with one attached hydrogen (secondary N) is 2. The molecule has 0 spiro atoms. The Bertz CT molecular complexity index is 1500. The summed E-state index contributed by atoms with van der Waals surface area (Å²) < 4.78 is 25.3. The lowest BCUT2D eigenvalue weighted by molar-refractivity contribution is 0.445. The van der Waals surface area contributed by atoms with Crippen molar-refractivity contribution in [2.45, 2.75) is 26.4 Å². The summed E-state index contributed by atoms with van der Waals surface area (Å²) in [6.07, 6.45) is 5.76. The maximum Gasteiger partial charge on any atom is 0.211 e. The van der Waals surface area contributed by atoms with E-state index in [2.05, 4.69) is 58.6 Å². The lowest BCUT2D eigenvalue weighted by atomic mass is 9.94. The van der Waals surface area contributed by atoms with E-state index >= 15 is 0 Å². The van der Waals surface area contributed by atoms with E-state index in [1.54, 1.807) is 11.3 Å². The van der Waals surface area contributed by atoms with Gasteiger partial charge in [0.05, 0.1) is 18.3 Å².